The molecule has 1 aromatic carbocycles. The summed E-state index contributed by atoms with van der Waals surface area (Å²) in [4.78, 5) is 30.1. The van der Waals surface area contributed by atoms with Gasteiger partial charge in [-0.3, -0.25) is 14.5 Å². The highest BCUT2D eigenvalue weighted by molar-refractivity contribution is 7.92. The van der Waals surface area contributed by atoms with Crippen molar-refractivity contribution in [2.75, 3.05) is 4.72 Å². The minimum absolute atomic E-state index is 0.0885. The molecule has 0 aliphatic rings. The number of nitrogens with zero attached hydrogens (tertiary/aromatic N) is 1. The van der Waals surface area contributed by atoms with Crippen LogP contribution in [0.1, 0.15) is 0 Å². The SMILES string of the molecule is O=c1[nH]cc(S(=O)(=O)Nc2nc(-c3ccc(Cl)cc3)cs2)c(=O)[nH]1. The smallest absolute Gasteiger partial charge is 0.313 e. The quantitative estimate of drug-likeness (QED) is 0.630. The van der Waals surface area contributed by atoms with Gasteiger partial charge in [-0.25, -0.2) is 18.2 Å². The molecule has 3 N–H and O–H groups in total. The Balaban J connectivity index is 1.90. The third-order valence-electron chi connectivity index (χ3n) is 2.94. The summed E-state index contributed by atoms with van der Waals surface area (Å²) in [6, 6.07) is 6.89. The van der Waals surface area contributed by atoms with E-state index in [0.29, 0.717) is 10.7 Å². The van der Waals surface area contributed by atoms with E-state index in [2.05, 4.69) is 14.7 Å². The maximum absolute atomic E-state index is 12.2. The van der Waals surface area contributed by atoms with E-state index in [-0.39, 0.29) is 5.13 Å². The van der Waals surface area contributed by atoms with Crippen LogP contribution >= 0.6 is 22.9 Å². The zero-order valence-electron chi connectivity index (χ0n) is 11.7. The average Bonchev–Trinajstić information content (AvgIpc) is 2.95. The highest BCUT2D eigenvalue weighted by Crippen LogP contribution is 2.27. The van der Waals surface area contributed by atoms with Crippen molar-refractivity contribution in [3.05, 3.63) is 61.7 Å². The van der Waals surface area contributed by atoms with E-state index in [9.17, 15) is 18.0 Å². The summed E-state index contributed by atoms with van der Waals surface area (Å²) in [7, 11) is -4.17. The van der Waals surface area contributed by atoms with Crippen LogP contribution < -0.4 is 16.0 Å². The Labute approximate surface area is 144 Å². The largest absolute Gasteiger partial charge is 0.325 e. The number of halogens is 1. The number of hydrogen-bond donors (Lipinski definition) is 3. The third-order valence-corrected chi connectivity index (χ3v) is 5.42. The molecule has 8 nitrogen and oxygen atoms in total. The lowest BCUT2D eigenvalue weighted by Gasteiger charge is -2.03. The van der Waals surface area contributed by atoms with Gasteiger partial charge in [0.1, 0.15) is 0 Å². The molecule has 0 spiro atoms. The molecule has 24 heavy (non-hydrogen) atoms. The van der Waals surface area contributed by atoms with E-state index in [1.54, 1.807) is 29.6 Å². The molecule has 11 heteroatoms. The van der Waals surface area contributed by atoms with Crippen molar-refractivity contribution in [3.63, 3.8) is 0 Å². The predicted octanol–water partition coefficient (Wildman–Crippen LogP) is 1.64. The Morgan fingerprint density at radius 1 is 1.17 bits per heavy atom. The molecule has 0 radical (unpaired) electrons. The van der Waals surface area contributed by atoms with Gasteiger partial charge in [-0.1, -0.05) is 23.7 Å². The van der Waals surface area contributed by atoms with E-state index >= 15 is 0 Å². The molecular weight excluding hydrogens is 376 g/mol. The van der Waals surface area contributed by atoms with Crippen LogP contribution in [0.4, 0.5) is 5.13 Å². The minimum atomic E-state index is -4.17. The van der Waals surface area contributed by atoms with Crippen molar-refractivity contribution in [1.29, 1.82) is 0 Å². The van der Waals surface area contributed by atoms with Gasteiger partial charge in [0.2, 0.25) is 0 Å². The first kappa shape index (κ1) is 16.4. The molecule has 0 bridgehead atoms. The fourth-order valence-electron chi connectivity index (χ4n) is 1.84. The molecule has 2 heterocycles. The topological polar surface area (TPSA) is 125 Å². The first-order valence-corrected chi connectivity index (χ1v) is 9.15. The number of aromatic amines is 2. The molecule has 0 amide bonds. The third kappa shape index (κ3) is 3.40. The maximum Gasteiger partial charge on any atom is 0.325 e. The standard InChI is InChI=1S/C13H9ClN4O4S2/c14-8-3-1-7(2-4-8)9-6-23-13(16-9)18-24(21,22)10-5-15-12(20)17-11(10)19/h1-6H,(H,16,18)(H2,15,17,19,20). The molecule has 0 aliphatic carbocycles. The summed E-state index contributed by atoms with van der Waals surface area (Å²) in [6.45, 7) is 0. The van der Waals surface area contributed by atoms with Crippen molar-refractivity contribution >= 4 is 38.1 Å². The molecule has 0 aliphatic heterocycles. The van der Waals surface area contributed by atoms with E-state index in [1.807, 2.05) is 4.98 Å². The van der Waals surface area contributed by atoms with Gasteiger partial charge in [-0.15, -0.1) is 11.3 Å². The molecule has 124 valence electrons. The Bertz CT molecular complexity index is 1100. The maximum atomic E-state index is 12.2. The Morgan fingerprint density at radius 3 is 2.54 bits per heavy atom. The summed E-state index contributed by atoms with van der Waals surface area (Å²) in [5, 5.41) is 2.33. The minimum Gasteiger partial charge on any atom is -0.313 e. The lowest BCUT2D eigenvalue weighted by molar-refractivity contribution is 0.599. The van der Waals surface area contributed by atoms with Crippen LogP contribution in [-0.2, 0) is 10.0 Å². The monoisotopic (exact) mass is 384 g/mol. The second kappa shape index (κ2) is 6.23. The molecule has 0 unspecified atom stereocenters. The summed E-state index contributed by atoms with van der Waals surface area (Å²) >= 11 is 6.88. The van der Waals surface area contributed by atoms with Gasteiger partial charge in [0.15, 0.2) is 10.0 Å². The lowest BCUT2D eigenvalue weighted by atomic mass is 10.2. The molecule has 3 rings (SSSR count). The van der Waals surface area contributed by atoms with Crippen LogP contribution in [0, 0.1) is 0 Å². The van der Waals surface area contributed by atoms with Crippen LogP contribution in [0.15, 0.2) is 50.3 Å². The zero-order valence-corrected chi connectivity index (χ0v) is 14.1. The first-order chi connectivity index (χ1) is 11.3. The first-order valence-electron chi connectivity index (χ1n) is 6.41. The van der Waals surface area contributed by atoms with Crippen molar-refractivity contribution in [1.82, 2.24) is 15.0 Å². The van der Waals surface area contributed by atoms with E-state index < -0.39 is 26.2 Å². The number of nitrogens with one attached hydrogen (secondary N) is 3. The van der Waals surface area contributed by atoms with Gasteiger partial charge in [0.05, 0.1) is 5.69 Å². The van der Waals surface area contributed by atoms with Crippen molar-refractivity contribution in [2.24, 2.45) is 0 Å². The van der Waals surface area contributed by atoms with Crippen molar-refractivity contribution in [3.8, 4) is 11.3 Å². The fraction of sp³-hybridized carbons (Fsp3) is 0. The van der Waals surface area contributed by atoms with Gasteiger partial charge >= 0.3 is 5.69 Å². The van der Waals surface area contributed by atoms with Crippen LogP contribution in [0.5, 0.6) is 0 Å². The Morgan fingerprint density at radius 2 is 1.88 bits per heavy atom. The highest BCUT2D eigenvalue weighted by atomic mass is 35.5. The summed E-state index contributed by atoms with van der Waals surface area (Å²) < 4.78 is 26.6. The molecule has 0 saturated carbocycles. The fourth-order valence-corrected chi connectivity index (χ4v) is 3.95. The molecular formula is C13H9ClN4O4S2. The van der Waals surface area contributed by atoms with Gasteiger partial charge in [-0.05, 0) is 12.1 Å². The molecule has 0 saturated heterocycles. The highest BCUT2D eigenvalue weighted by Gasteiger charge is 2.20. The number of benzene rings is 1. The van der Waals surface area contributed by atoms with Crippen LogP contribution in [0.2, 0.25) is 5.02 Å². The summed E-state index contributed by atoms with van der Waals surface area (Å²) in [6.07, 6.45) is 0.831. The van der Waals surface area contributed by atoms with E-state index in [1.165, 1.54) is 0 Å². The number of hydrogen-bond acceptors (Lipinski definition) is 6. The predicted molar refractivity (Wildman–Crippen MR) is 91.1 cm³/mol. The average molecular weight is 385 g/mol. The summed E-state index contributed by atoms with van der Waals surface area (Å²) in [5.74, 6) is 0. The van der Waals surface area contributed by atoms with E-state index in [4.69, 9.17) is 11.6 Å². The Kier molecular flexibility index (Phi) is 4.26. The molecule has 2 aromatic heterocycles. The molecule has 0 fully saturated rings. The van der Waals surface area contributed by atoms with Gasteiger partial charge in [0.25, 0.3) is 15.6 Å². The van der Waals surface area contributed by atoms with Gasteiger partial charge in [-0.2, -0.15) is 0 Å². The molecule has 3 aromatic rings. The Hall–Kier alpha value is -2.43. The number of rotatable bonds is 4. The zero-order chi connectivity index (χ0) is 17.3. The van der Waals surface area contributed by atoms with Gasteiger partial charge < -0.3 is 4.98 Å². The van der Waals surface area contributed by atoms with Crippen molar-refractivity contribution < 1.29 is 8.42 Å². The summed E-state index contributed by atoms with van der Waals surface area (Å²) in [5.41, 5.74) is -0.480. The van der Waals surface area contributed by atoms with Crippen LogP contribution in [0.3, 0.4) is 0 Å². The normalized spacial score (nSPS) is 11.4. The van der Waals surface area contributed by atoms with Crippen molar-refractivity contribution in [2.45, 2.75) is 4.90 Å². The van der Waals surface area contributed by atoms with Crippen LogP contribution in [0.25, 0.3) is 11.3 Å². The second-order valence-electron chi connectivity index (χ2n) is 4.59. The van der Waals surface area contributed by atoms with E-state index in [0.717, 1.165) is 23.1 Å². The number of anilines is 1. The second-order valence-corrected chi connectivity index (χ2v) is 7.53. The number of aromatic nitrogens is 3. The molecule has 0 atom stereocenters. The number of sulfonamides is 1. The van der Waals surface area contributed by atoms with Crippen LogP contribution in [-0.4, -0.2) is 23.4 Å². The number of thiazole rings is 1. The lowest BCUT2D eigenvalue weighted by Crippen LogP contribution is -2.29. The van der Waals surface area contributed by atoms with Gasteiger partial charge in [0, 0.05) is 22.2 Å². The number of H-pyrrole nitrogens is 2.